The second-order valence-electron chi connectivity index (χ2n) is 6.38. The van der Waals surface area contributed by atoms with Gasteiger partial charge in [-0.3, -0.25) is 9.59 Å². The van der Waals surface area contributed by atoms with Gasteiger partial charge in [-0.2, -0.15) is 0 Å². The first-order valence-electron chi connectivity index (χ1n) is 8.70. The lowest BCUT2D eigenvalue weighted by Gasteiger charge is -2.22. The van der Waals surface area contributed by atoms with E-state index < -0.39 is 17.7 Å². The van der Waals surface area contributed by atoms with Crippen LogP contribution < -0.4 is 4.74 Å². The van der Waals surface area contributed by atoms with E-state index in [1.165, 1.54) is 16.2 Å². The Balaban J connectivity index is 1.83. The second-order valence-corrected chi connectivity index (χ2v) is 8.47. The maximum atomic E-state index is 12.9. The molecule has 1 amide bonds. The van der Waals surface area contributed by atoms with Gasteiger partial charge in [0.05, 0.1) is 19.2 Å². The number of amides is 1. The summed E-state index contributed by atoms with van der Waals surface area (Å²) in [5.74, 6) is -0.579. The Morgan fingerprint density at radius 1 is 1.21 bits per heavy atom. The molecule has 1 aromatic carbocycles. The molecule has 0 spiro atoms. The molecule has 29 heavy (non-hydrogen) atoms. The molecule has 3 aromatic rings. The first kappa shape index (κ1) is 19.7. The minimum Gasteiger partial charge on any atom is -0.507 e. The van der Waals surface area contributed by atoms with E-state index in [0.717, 1.165) is 4.88 Å². The van der Waals surface area contributed by atoms with Gasteiger partial charge in [0.25, 0.3) is 11.7 Å². The molecule has 0 bridgehead atoms. The van der Waals surface area contributed by atoms with Crippen molar-refractivity contribution in [2.75, 3.05) is 7.11 Å². The summed E-state index contributed by atoms with van der Waals surface area (Å²) in [6.07, 6.45) is 0. The smallest absolute Gasteiger partial charge is 0.296 e. The molecule has 0 radical (unpaired) electrons. The number of thiophene rings is 1. The molecule has 1 unspecified atom stereocenters. The molecule has 4 rings (SSSR count). The lowest BCUT2D eigenvalue weighted by molar-refractivity contribution is -0.140. The highest BCUT2D eigenvalue weighted by Gasteiger charge is 2.47. The van der Waals surface area contributed by atoms with Gasteiger partial charge >= 0.3 is 0 Å². The molecule has 1 fully saturated rings. The molecule has 8 heteroatoms. The number of aliphatic hydroxyl groups excluding tert-OH is 1. The number of furan rings is 1. The van der Waals surface area contributed by atoms with Crippen molar-refractivity contribution < 1.29 is 23.8 Å². The zero-order valence-electron chi connectivity index (χ0n) is 15.3. The second kappa shape index (κ2) is 8.03. The zero-order chi connectivity index (χ0) is 20.5. The van der Waals surface area contributed by atoms with Gasteiger partial charge in [0, 0.05) is 10.4 Å². The summed E-state index contributed by atoms with van der Waals surface area (Å²) in [4.78, 5) is 28.1. The summed E-state index contributed by atoms with van der Waals surface area (Å²) in [6, 6.07) is 13.1. The van der Waals surface area contributed by atoms with Crippen LogP contribution in [0.5, 0.6) is 5.75 Å². The topological polar surface area (TPSA) is 80.0 Å². The van der Waals surface area contributed by atoms with Crippen molar-refractivity contribution in [2.24, 2.45) is 0 Å². The number of carbonyl (C=O) groups is 2. The van der Waals surface area contributed by atoms with Crippen LogP contribution in [0.4, 0.5) is 0 Å². The van der Waals surface area contributed by atoms with Crippen molar-refractivity contribution in [3.05, 3.63) is 79.5 Å². The van der Waals surface area contributed by atoms with Crippen molar-refractivity contribution in [2.45, 2.75) is 12.6 Å². The van der Waals surface area contributed by atoms with Crippen LogP contribution >= 0.6 is 33.9 Å². The van der Waals surface area contributed by atoms with Gasteiger partial charge in [-0.25, -0.2) is 0 Å². The number of nitrogens with zero attached hydrogens (tertiary/aromatic N) is 1. The van der Waals surface area contributed by atoms with E-state index in [9.17, 15) is 14.7 Å². The number of benzene rings is 1. The maximum Gasteiger partial charge on any atom is 0.296 e. The SMILES string of the molecule is COc1ccc(/C(O)=C2\C(=O)C(=O)N(Cc3cccs3)C2c2ccc(I)o2)cc1. The Labute approximate surface area is 184 Å². The van der Waals surface area contributed by atoms with Crippen LogP contribution in [-0.2, 0) is 16.1 Å². The molecule has 0 saturated carbocycles. The Bertz CT molecular complexity index is 1080. The third kappa shape index (κ3) is 3.69. The molecule has 1 atom stereocenters. The number of hydrogen-bond acceptors (Lipinski definition) is 6. The summed E-state index contributed by atoms with van der Waals surface area (Å²) >= 11 is 3.52. The average Bonchev–Trinajstić information content (AvgIpc) is 3.45. The standard InChI is InChI=1S/C21H16INO5S/c1-27-13-6-4-12(5-7-13)19(24)17-18(15-8-9-16(22)28-15)23(21(26)20(17)25)11-14-3-2-10-29-14/h2-10,18,24H,11H2,1H3/b19-17+. The largest absolute Gasteiger partial charge is 0.507 e. The number of methoxy groups -OCH3 is 1. The summed E-state index contributed by atoms with van der Waals surface area (Å²) in [7, 11) is 1.55. The van der Waals surface area contributed by atoms with E-state index in [1.54, 1.807) is 43.5 Å². The molecular weight excluding hydrogens is 505 g/mol. The van der Waals surface area contributed by atoms with Gasteiger partial charge in [0.1, 0.15) is 23.3 Å². The Hall–Kier alpha value is -2.59. The number of ketones is 1. The van der Waals surface area contributed by atoms with Crippen LogP contribution in [0.25, 0.3) is 5.76 Å². The van der Waals surface area contributed by atoms with Crippen LogP contribution in [0.1, 0.15) is 22.2 Å². The predicted molar refractivity (Wildman–Crippen MR) is 117 cm³/mol. The molecular formula is C21H16INO5S. The Morgan fingerprint density at radius 3 is 2.55 bits per heavy atom. The fraction of sp³-hybridized carbons (Fsp3) is 0.143. The van der Waals surface area contributed by atoms with E-state index in [-0.39, 0.29) is 17.9 Å². The minimum absolute atomic E-state index is 0.0162. The van der Waals surface area contributed by atoms with Gasteiger partial charge in [-0.05, 0) is 70.4 Å². The molecule has 148 valence electrons. The molecule has 1 aliphatic heterocycles. The van der Waals surface area contributed by atoms with Crippen molar-refractivity contribution in [3.8, 4) is 5.75 Å². The molecule has 6 nitrogen and oxygen atoms in total. The summed E-state index contributed by atoms with van der Waals surface area (Å²) in [6.45, 7) is 0.254. The van der Waals surface area contributed by atoms with Crippen LogP contribution in [0.15, 0.2) is 63.9 Å². The number of hydrogen-bond donors (Lipinski definition) is 1. The Kier molecular flexibility index (Phi) is 5.46. The van der Waals surface area contributed by atoms with Gasteiger partial charge < -0.3 is 19.2 Å². The van der Waals surface area contributed by atoms with E-state index in [0.29, 0.717) is 20.8 Å². The highest BCUT2D eigenvalue weighted by Crippen LogP contribution is 2.41. The third-order valence-electron chi connectivity index (χ3n) is 4.67. The molecule has 0 aliphatic carbocycles. The van der Waals surface area contributed by atoms with Gasteiger partial charge in [-0.1, -0.05) is 6.07 Å². The fourth-order valence-corrected chi connectivity index (χ4v) is 4.43. The van der Waals surface area contributed by atoms with Crippen LogP contribution in [0.2, 0.25) is 0 Å². The quantitative estimate of drug-likeness (QED) is 0.230. The Morgan fingerprint density at radius 2 is 1.97 bits per heavy atom. The normalized spacial score (nSPS) is 18.4. The lowest BCUT2D eigenvalue weighted by atomic mass is 9.99. The molecule has 2 aromatic heterocycles. The average molecular weight is 521 g/mol. The first-order chi connectivity index (χ1) is 14.0. The molecule has 3 heterocycles. The van der Waals surface area contributed by atoms with E-state index in [1.807, 2.05) is 40.1 Å². The monoisotopic (exact) mass is 521 g/mol. The van der Waals surface area contributed by atoms with Crippen molar-refractivity contribution in [1.29, 1.82) is 0 Å². The predicted octanol–water partition coefficient (Wildman–Crippen LogP) is 4.58. The number of carbonyl (C=O) groups excluding carboxylic acids is 2. The van der Waals surface area contributed by atoms with E-state index in [2.05, 4.69) is 0 Å². The van der Waals surface area contributed by atoms with Gasteiger partial charge in [0.2, 0.25) is 0 Å². The summed E-state index contributed by atoms with van der Waals surface area (Å²) in [5, 5.41) is 12.9. The summed E-state index contributed by atoms with van der Waals surface area (Å²) in [5.41, 5.74) is 0.439. The highest BCUT2D eigenvalue weighted by molar-refractivity contribution is 14.1. The lowest BCUT2D eigenvalue weighted by Crippen LogP contribution is -2.28. The van der Waals surface area contributed by atoms with Crippen molar-refractivity contribution in [1.82, 2.24) is 4.90 Å². The number of aliphatic hydroxyl groups is 1. The van der Waals surface area contributed by atoms with Crippen LogP contribution in [-0.4, -0.2) is 28.8 Å². The molecule has 1 aliphatic rings. The number of likely N-dealkylation sites (tertiary alicyclic amines) is 1. The molecule has 1 N–H and O–H groups in total. The summed E-state index contributed by atoms with van der Waals surface area (Å²) < 4.78 is 11.5. The first-order valence-corrected chi connectivity index (χ1v) is 10.7. The van der Waals surface area contributed by atoms with Crippen LogP contribution in [0.3, 0.4) is 0 Å². The van der Waals surface area contributed by atoms with Crippen LogP contribution in [0, 0.1) is 3.77 Å². The number of Topliss-reactive ketones (excluding diaryl/α,β-unsaturated/α-hetero) is 1. The number of rotatable bonds is 5. The molecule has 1 saturated heterocycles. The third-order valence-corrected chi connectivity index (χ3v) is 6.11. The maximum absolute atomic E-state index is 12.9. The zero-order valence-corrected chi connectivity index (χ0v) is 18.3. The van der Waals surface area contributed by atoms with Crippen molar-refractivity contribution >= 4 is 51.4 Å². The highest BCUT2D eigenvalue weighted by atomic mass is 127. The van der Waals surface area contributed by atoms with E-state index >= 15 is 0 Å². The number of ether oxygens (including phenoxy) is 1. The number of halogens is 1. The van der Waals surface area contributed by atoms with Crippen molar-refractivity contribution in [3.63, 3.8) is 0 Å². The van der Waals surface area contributed by atoms with E-state index in [4.69, 9.17) is 9.15 Å². The fourth-order valence-electron chi connectivity index (χ4n) is 3.29. The minimum atomic E-state index is -0.803. The van der Waals surface area contributed by atoms with Gasteiger partial charge in [-0.15, -0.1) is 11.3 Å². The van der Waals surface area contributed by atoms with Gasteiger partial charge in [0.15, 0.2) is 3.77 Å².